The molecule has 1 fully saturated rings. The second-order valence-corrected chi connectivity index (χ2v) is 7.50. The number of aliphatic hydroxyl groups is 1. The number of ether oxygens (including phenoxy) is 1. The van der Waals surface area contributed by atoms with E-state index in [0.717, 1.165) is 38.4 Å². The average Bonchev–Trinajstić information content (AvgIpc) is 2.67. The number of rotatable bonds is 8. The van der Waals surface area contributed by atoms with E-state index in [1.807, 2.05) is 25.1 Å². The van der Waals surface area contributed by atoms with E-state index in [-0.39, 0.29) is 0 Å². The Morgan fingerprint density at radius 3 is 2.59 bits per heavy atom. The van der Waals surface area contributed by atoms with Gasteiger partial charge in [0.2, 0.25) is 0 Å². The molecule has 2 rings (SSSR count). The fourth-order valence-electron chi connectivity index (χ4n) is 3.23. The molecule has 0 saturated carbocycles. The topological polar surface area (TPSA) is 69.1 Å². The molecule has 1 aliphatic heterocycles. The van der Waals surface area contributed by atoms with Gasteiger partial charge in [-0.25, -0.2) is 0 Å². The van der Waals surface area contributed by atoms with Crippen LogP contribution in [0.4, 0.5) is 0 Å². The third-order valence-electron chi connectivity index (χ3n) is 4.79. The number of hydrogen-bond donors (Lipinski definition) is 3. The van der Waals surface area contributed by atoms with Gasteiger partial charge in [-0.05, 0) is 18.9 Å². The van der Waals surface area contributed by atoms with Gasteiger partial charge in [0.05, 0.1) is 25.9 Å². The maximum Gasteiger partial charge on any atom is 0.191 e. The average molecular weight is 397 g/mol. The minimum atomic E-state index is -0.692. The lowest BCUT2D eigenvalue weighted by Gasteiger charge is -2.36. The molecule has 1 aromatic carbocycles. The fourth-order valence-corrected chi connectivity index (χ4v) is 3.49. The molecule has 1 saturated heterocycles. The number of halogens is 1. The van der Waals surface area contributed by atoms with Crippen LogP contribution in [0.15, 0.2) is 29.3 Å². The van der Waals surface area contributed by atoms with Crippen molar-refractivity contribution in [3.8, 4) is 0 Å². The maximum absolute atomic E-state index is 10.4. The molecule has 0 radical (unpaired) electrons. The fraction of sp³-hybridized carbons (Fsp3) is 0.650. The summed E-state index contributed by atoms with van der Waals surface area (Å²) in [7, 11) is 0. The molecule has 1 aliphatic rings. The quantitative estimate of drug-likeness (QED) is 0.464. The van der Waals surface area contributed by atoms with Gasteiger partial charge in [-0.2, -0.15) is 0 Å². The van der Waals surface area contributed by atoms with E-state index in [4.69, 9.17) is 21.3 Å². The Kier molecular flexibility index (Phi) is 9.34. The lowest BCUT2D eigenvalue weighted by Crippen LogP contribution is -2.48. The molecule has 27 heavy (non-hydrogen) atoms. The van der Waals surface area contributed by atoms with Crippen LogP contribution in [0, 0.1) is 5.92 Å². The van der Waals surface area contributed by atoms with Crippen molar-refractivity contribution in [2.24, 2.45) is 10.9 Å². The highest BCUT2D eigenvalue weighted by Crippen LogP contribution is 2.21. The van der Waals surface area contributed by atoms with Gasteiger partial charge in [0.25, 0.3) is 0 Å². The van der Waals surface area contributed by atoms with Crippen molar-refractivity contribution in [1.29, 1.82) is 0 Å². The first-order valence-corrected chi connectivity index (χ1v) is 10.2. The van der Waals surface area contributed by atoms with E-state index in [9.17, 15) is 5.11 Å². The zero-order valence-electron chi connectivity index (χ0n) is 16.6. The summed E-state index contributed by atoms with van der Waals surface area (Å²) in [4.78, 5) is 7.22. The van der Waals surface area contributed by atoms with E-state index in [0.29, 0.717) is 36.0 Å². The van der Waals surface area contributed by atoms with E-state index in [1.54, 1.807) is 6.07 Å². The zero-order valence-corrected chi connectivity index (χ0v) is 17.4. The smallest absolute Gasteiger partial charge is 0.191 e. The first kappa shape index (κ1) is 22.0. The molecule has 0 amide bonds. The summed E-state index contributed by atoms with van der Waals surface area (Å²) in [5.74, 6) is 1.21. The zero-order chi connectivity index (χ0) is 19.6. The molecule has 1 heterocycles. The Balaban J connectivity index is 1.96. The lowest BCUT2D eigenvalue weighted by molar-refractivity contribution is 0.00867. The molecule has 0 aliphatic carbocycles. The van der Waals surface area contributed by atoms with Crippen molar-refractivity contribution in [3.05, 3.63) is 34.9 Å². The van der Waals surface area contributed by atoms with Crippen LogP contribution in [0.25, 0.3) is 0 Å². The number of morpholine rings is 1. The molecule has 1 aromatic rings. The Labute approximate surface area is 168 Å². The van der Waals surface area contributed by atoms with Crippen LogP contribution >= 0.6 is 11.6 Å². The van der Waals surface area contributed by atoms with Crippen LogP contribution in [0.5, 0.6) is 0 Å². The monoisotopic (exact) mass is 396 g/mol. The van der Waals surface area contributed by atoms with Gasteiger partial charge >= 0.3 is 0 Å². The van der Waals surface area contributed by atoms with Gasteiger partial charge in [-0.1, -0.05) is 43.6 Å². The number of nitrogens with zero attached hydrogens (tertiary/aromatic N) is 2. The number of aliphatic imine (C=N–C) groups is 1. The van der Waals surface area contributed by atoms with Crippen molar-refractivity contribution in [2.75, 3.05) is 45.9 Å². The summed E-state index contributed by atoms with van der Waals surface area (Å²) in [5.41, 5.74) is 0.718. The van der Waals surface area contributed by atoms with Crippen molar-refractivity contribution >= 4 is 17.6 Å². The standard InChI is InChI=1S/C20H33ClN4O2/c1-4-22-20(24-14-19(26)16-7-5-6-8-17(16)21)23-13-18(15(2)3)25-9-11-27-12-10-25/h5-8,15,18-19,26H,4,9-14H2,1-3H3,(H2,22,23,24). The number of hydrogen-bond acceptors (Lipinski definition) is 4. The Bertz CT molecular complexity index is 591. The summed E-state index contributed by atoms with van der Waals surface area (Å²) in [6, 6.07) is 7.73. The molecule has 2 atom stereocenters. The number of benzene rings is 1. The van der Waals surface area contributed by atoms with Crippen LogP contribution in [0.2, 0.25) is 5.02 Å². The second kappa shape index (κ2) is 11.5. The summed E-state index contributed by atoms with van der Waals surface area (Å²) >= 11 is 6.17. The van der Waals surface area contributed by atoms with Crippen LogP contribution in [0.1, 0.15) is 32.4 Å². The van der Waals surface area contributed by atoms with Gasteiger partial charge in [0.1, 0.15) is 0 Å². The minimum absolute atomic E-state index is 0.347. The predicted octanol–water partition coefficient (Wildman–Crippen LogP) is 2.29. The van der Waals surface area contributed by atoms with Crippen LogP contribution in [-0.2, 0) is 4.74 Å². The summed E-state index contributed by atoms with van der Waals surface area (Å²) in [6.45, 7) is 11.8. The number of aliphatic hydroxyl groups excluding tert-OH is 1. The normalized spacial score (nSPS) is 18.4. The highest BCUT2D eigenvalue weighted by Gasteiger charge is 2.23. The molecule has 3 N–H and O–H groups in total. The van der Waals surface area contributed by atoms with Crippen LogP contribution < -0.4 is 10.6 Å². The first-order chi connectivity index (χ1) is 13.0. The molecule has 2 unspecified atom stereocenters. The number of nitrogens with one attached hydrogen (secondary N) is 2. The first-order valence-electron chi connectivity index (χ1n) is 9.79. The highest BCUT2D eigenvalue weighted by atomic mass is 35.5. The van der Waals surface area contributed by atoms with Gasteiger partial charge < -0.3 is 20.5 Å². The van der Waals surface area contributed by atoms with Crippen molar-refractivity contribution < 1.29 is 9.84 Å². The Morgan fingerprint density at radius 1 is 1.26 bits per heavy atom. The van der Waals surface area contributed by atoms with Gasteiger partial charge in [0, 0.05) is 42.8 Å². The van der Waals surface area contributed by atoms with Gasteiger partial charge in [0.15, 0.2) is 5.96 Å². The summed E-state index contributed by atoms with van der Waals surface area (Å²) < 4.78 is 5.47. The molecule has 6 nitrogen and oxygen atoms in total. The van der Waals surface area contributed by atoms with Crippen LogP contribution in [-0.4, -0.2) is 67.9 Å². The summed E-state index contributed by atoms with van der Waals surface area (Å²) in [6.07, 6.45) is -0.692. The van der Waals surface area contributed by atoms with E-state index in [1.165, 1.54) is 0 Å². The third-order valence-corrected chi connectivity index (χ3v) is 5.14. The molecule has 7 heteroatoms. The highest BCUT2D eigenvalue weighted by molar-refractivity contribution is 6.31. The van der Waals surface area contributed by atoms with Gasteiger partial charge in [-0.3, -0.25) is 9.89 Å². The van der Waals surface area contributed by atoms with Gasteiger partial charge in [-0.15, -0.1) is 0 Å². The lowest BCUT2D eigenvalue weighted by atomic mass is 10.0. The van der Waals surface area contributed by atoms with Crippen molar-refractivity contribution in [3.63, 3.8) is 0 Å². The van der Waals surface area contributed by atoms with E-state index in [2.05, 4.69) is 29.4 Å². The third kappa shape index (κ3) is 6.96. The SMILES string of the molecule is CCNC(=NCC(C(C)C)N1CCOCC1)NCC(O)c1ccccc1Cl. The largest absolute Gasteiger partial charge is 0.387 e. The minimum Gasteiger partial charge on any atom is -0.387 e. The molecule has 152 valence electrons. The van der Waals surface area contributed by atoms with Crippen LogP contribution in [0.3, 0.4) is 0 Å². The van der Waals surface area contributed by atoms with E-state index < -0.39 is 6.10 Å². The maximum atomic E-state index is 10.4. The molecule has 0 bridgehead atoms. The van der Waals surface area contributed by atoms with Crippen molar-refractivity contribution in [1.82, 2.24) is 15.5 Å². The Morgan fingerprint density at radius 2 is 1.96 bits per heavy atom. The molecule has 0 aromatic heterocycles. The van der Waals surface area contributed by atoms with Crippen molar-refractivity contribution in [2.45, 2.75) is 32.9 Å². The molecular weight excluding hydrogens is 364 g/mol. The molecule has 0 spiro atoms. The van der Waals surface area contributed by atoms with E-state index >= 15 is 0 Å². The molecular formula is C20H33ClN4O2. The predicted molar refractivity (Wildman–Crippen MR) is 111 cm³/mol. The number of guanidine groups is 1. The Hall–Kier alpha value is -1.34. The summed E-state index contributed by atoms with van der Waals surface area (Å²) in [5, 5.41) is 17.5. The second-order valence-electron chi connectivity index (χ2n) is 7.10.